The normalized spacial score (nSPS) is 24.0. The molecule has 1 amide bonds. The number of hydrogen-bond donors (Lipinski definition) is 1. The molecule has 1 aliphatic heterocycles. The summed E-state index contributed by atoms with van der Waals surface area (Å²) in [6.07, 6.45) is 1.35. The first-order chi connectivity index (χ1) is 8.49. The maximum absolute atomic E-state index is 12.3. The van der Waals surface area contributed by atoms with Crippen molar-refractivity contribution in [2.45, 2.75) is 25.8 Å². The van der Waals surface area contributed by atoms with E-state index in [-0.39, 0.29) is 18.5 Å². The van der Waals surface area contributed by atoms with E-state index in [1.54, 1.807) is 17.0 Å². The lowest BCUT2D eigenvalue weighted by molar-refractivity contribution is -0.143. The highest BCUT2D eigenvalue weighted by atomic mass is 35.5. The molecule has 98 valence electrons. The van der Waals surface area contributed by atoms with Crippen molar-refractivity contribution in [2.24, 2.45) is 5.92 Å². The average Bonchev–Trinajstić information content (AvgIpc) is 2.75. The predicted molar refractivity (Wildman–Crippen MR) is 70.2 cm³/mol. The van der Waals surface area contributed by atoms with Crippen LogP contribution in [0.1, 0.15) is 29.4 Å². The Kier molecular flexibility index (Phi) is 3.92. The van der Waals surface area contributed by atoms with Gasteiger partial charge < -0.3 is 10.0 Å². The van der Waals surface area contributed by atoms with Gasteiger partial charge in [-0.1, -0.05) is 11.6 Å². The molecular weight excluding hydrogens is 274 g/mol. The van der Waals surface area contributed by atoms with Gasteiger partial charge in [0.05, 0.1) is 15.1 Å². The zero-order chi connectivity index (χ0) is 13.3. The zero-order valence-corrected chi connectivity index (χ0v) is 11.5. The number of carbonyl (C=O) groups excluding carboxylic acids is 1. The van der Waals surface area contributed by atoms with Gasteiger partial charge in [-0.3, -0.25) is 9.59 Å². The summed E-state index contributed by atoms with van der Waals surface area (Å²) in [7, 11) is 0. The average molecular weight is 288 g/mol. The molecule has 1 aromatic rings. The van der Waals surface area contributed by atoms with Crippen LogP contribution in [-0.4, -0.2) is 34.5 Å². The van der Waals surface area contributed by atoms with Gasteiger partial charge in [0.1, 0.15) is 0 Å². The van der Waals surface area contributed by atoms with Gasteiger partial charge in [-0.25, -0.2) is 0 Å². The van der Waals surface area contributed by atoms with E-state index in [1.165, 1.54) is 11.3 Å². The molecule has 1 fully saturated rings. The Morgan fingerprint density at radius 3 is 2.72 bits per heavy atom. The van der Waals surface area contributed by atoms with Gasteiger partial charge in [-0.2, -0.15) is 0 Å². The van der Waals surface area contributed by atoms with Crippen LogP contribution in [0.25, 0.3) is 0 Å². The molecule has 1 saturated heterocycles. The molecule has 1 aliphatic rings. The van der Waals surface area contributed by atoms with E-state index in [4.69, 9.17) is 16.7 Å². The Morgan fingerprint density at radius 1 is 1.44 bits per heavy atom. The second-order valence-corrected chi connectivity index (χ2v) is 6.24. The number of halogens is 1. The van der Waals surface area contributed by atoms with Crippen LogP contribution in [0.2, 0.25) is 4.34 Å². The van der Waals surface area contributed by atoms with Gasteiger partial charge in [0.25, 0.3) is 5.91 Å². The van der Waals surface area contributed by atoms with Crippen molar-refractivity contribution in [1.29, 1.82) is 0 Å². The highest BCUT2D eigenvalue weighted by Crippen LogP contribution is 2.27. The first kappa shape index (κ1) is 13.4. The fourth-order valence-corrected chi connectivity index (χ4v) is 3.16. The number of likely N-dealkylation sites (tertiary alicyclic amines) is 1. The van der Waals surface area contributed by atoms with Gasteiger partial charge in [-0.15, -0.1) is 11.3 Å². The summed E-state index contributed by atoms with van der Waals surface area (Å²) in [5, 5.41) is 9.04. The third-order valence-electron chi connectivity index (χ3n) is 3.28. The largest absolute Gasteiger partial charge is 0.481 e. The molecule has 0 bridgehead atoms. The van der Waals surface area contributed by atoms with Gasteiger partial charge in [0.2, 0.25) is 0 Å². The number of rotatable bonds is 2. The van der Waals surface area contributed by atoms with E-state index in [9.17, 15) is 9.59 Å². The first-order valence-electron chi connectivity index (χ1n) is 5.78. The van der Waals surface area contributed by atoms with Gasteiger partial charge in [0, 0.05) is 12.6 Å². The standard InChI is InChI=1S/C12H14ClNO3S/c1-7-2-3-8(12(16)17)6-14(7)11(15)9-4-5-10(13)18-9/h4-5,7-8H,2-3,6H2,1H3,(H,16,17). The number of carboxylic acids is 1. The second-order valence-electron chi connectivity index (χ2n) is 4.52. The Labute approximate surface area is 114 Å². The summed E-state index contributed by atoms with van der Waals surface area (Å²) in [6.45, 7) is 2.23. The van der Waals surface area contributed by atoms with Crippen molar-refractivity contribution in [2.75, 3.05) is 6.54 Å². The molecule has 0 saturated carbocycles. The molecular formula is C12H14ClNO3S. The summed E-state index contributed by atoms with van der Waals surface area (Å²) in [5.41, 5.74) is 0. The third-order valence-corrected chi connectivity index (χ3v) is 4.50. The minimum atomic E-state index is -0.830. The summed E-state index contributed by atoms with van der Waals surface area (Å²) >= 11 is 7.04. The number of hydrogen-bond acceptors (Lipinski definition) is 3. The predicted octanol–water partition coefficient (Wildman–Crippen LogP) is 2.73. The summed E-state index contributed by atoms with van der Waals surface area (Å²) < 4.78 is 0.567. The number of carbonyl (C=O) groups is 2. The SMILES string of the molecule is CC1CCC(C(=O)O)CN1C(=O)c1ccc(Cl)s1. The van der Waals surface area contributed by atoms with Crippen LogP contribution >= 0.6 is 22.9 Å². The highest BCUT2D eigenvalue weighted by Gasteiger charge is 2.33. The number of nitrogens with zero attached hydrogens (tertiary/aromatic N) is 1. The fraction of sp³-hybridized carbons (Fsp3) is 0.500. The van der Waals surface area contributed by atoms with Gasteiger partial charge in [0.15, 0.2) is 0 Å². The summed E-state index contributed by atoms with van der Waals surface area (Å²) in [4.78, 5) is 25.5. The van der Waals surface area contributed by atoms with Crippen molar-refractivity contribution < 1.29 is 14.7 Å². The third kappa shape index (κ3) is 2.67. The second kappa shape index (κ2) is 5.28. The molecule has 4 nitrogen and oxygen atoms in total. The lowest BCUT2D eigenvalue weighted by Gasteiger charge is -2.36. The number of piperidine rings is 1. The zero-order valence-electron chi connectivity index (χ0n) is 9.93. The lowest BCUT2D eigenvalue weighted by atomic mass is 9.93. The van der Waals surface area contributed by atoms with E-state index >= 15 is 0 Å². The molecule has 0 aliphatic carbocycles. The fourth-order valence-electron chi connectivity index (χ4n) is 2.16. The smallest absolute Gasteiger partial charge is 0.308 e. The first-order valence-corrected chi connectivity index (χ1v) is 6.97. The van der Waals surface area contributed by atoms with Crippen molar-refractivity contribution in [3.05, 3.63) is 21.3 Å². The molecule has 2 atom stereocenters. The van der Waals surface area contributed by atoms with Crippen LogP contribution in [0.15, 0.2) is 12.1 Å². The molecule has 6 heteroatoms. The van der Waals surface area contributed by atoms with Crippen LogP contribution in [0.5, 0.6) is 0 Å². The maximum atomic E-state index is 12.3. The van der Waals surface area contributed by atoms with Crippen molar-refractivity contribution >= 4 is 34.8 Å². The Balaban J connectivity index is 2.15. The van der Waals surface area contributed by atoms with E-state index in [1.807, 2.05) is 6.92 Å². The van der Waals surface area contributed by atoms with E-state index < -0.39 is 11.9 Å². The minimum absolute atomic E-state index is 0.0778. The Morgan fingerprint density at radius 2 is 2.17 bits per heavy atom. The van der Waals surface area contributed by atoms with E-state index in [0.29, 0.717) is 15.6 Å². The quantitative estimate of drug-likeness (QED) is 0.910. The van der Waals surface area contributed by atoms with E-state index in [2.05, 4.69) is 0 Å². The molecule has 2 unspecified atom stereocenters. The van der Waals surface area contributed by atoms with Crippen molar-refractivity contribution in [1.82, 2.24) is 4.90 Å². The Bertz CT molecular complexity index is 474. The molecule has 18 heavy (non-hydrogen) atoms. The molecule has 2 heterocycles. The minimum Gasteiger partial charge on any atom is -0.481 e. The number of carboxylic acid groups (broad SMARTS) is 1. The van der Waals surface area contributed by atoms with Gasteiger partial charge >= 0.3 is 5.97 Å². The Hall–Kier alpha value is -1.07. The van der Waals surface area contributed by atoms with Crippen LogP contribution in [0.3, 0.4) is 0 Å². The molecule has 0 radical (unpaired) electrons. The molecule has 0 aromatic carbocycles. The van der Waals surface area contributed by atoms with Crippen molar-refractivity contribution in [3.8, 4) is 0 Å². The maximum Gasteiger partial charge on any atom is 0.308 e. The van der Waals surface area contributed by atoms with Crippen LogP contribution in [0.4, 0.5) is 0 Å². The highest BCUT2D eigenvalue weighted by molar-refractivity contribution is 7.17. The molecule has 1 aromatic heterocycles. The number of aliphatic carboxylic acids is 1. The van der Waals surface area contributed by atoms with E-state index in [0.717, 1.165) is 6.42 Å². The van der Waals surface area contributed by atoms with Crippen LogP contribution in [0, 0.1) is 5.92 Å². The van der Waals surface area contributed by atoms with Gasteiger partial charge in [-0.05, 0) is 31.9 Å². The van der Waals surface area contributed by atoms with Crippen molar-refractivity contribution in [3.63, 3.8) is 0 Å². The van der Waals surface area contributed by atoms with Crippen LogP contribution < -0.4 is 0 Å². The number of amides is 1. The molecule has 1 N–H and O–H groups in total. The number of thiophene rings is 1. The monoisotopic (exact) mass is 287 g/mol. The molecule has 2 rings (SSSR count). The summed E-state index contributed by atoms with van der Waals surface area (Å²) in [5.74, 6) is -1.41. The topological polar surface area (TPSA) is 57.6 Å². The summed E-state index contributed by atoms with van der Waals surface area (Å²) in [6, 6.07) is 3.45. The lowest BCUT2D eigenvalue weighted by Crippen LogP contribution is -2.47. The van der Waals surface area contributed by atoms with Crippen LogP contribution in [-0.2, 0) is 4.79 Å². The molecule has 0 spiro atoms.